The third-order valence-corrected chi connectivity index (χ3v) is 9.54. The Balaban J connectivity index is 1.70. The Hall–Kier alpha value is -1.78. The lowest BCUT2D eigenvalue weighted by atomic mass is 9.61. The van der Waals surface area contributed by atoms with Gasteiger partial charge >= 0.3 is 5.97 Å². The lowest BCUT2D eigenvalue weighted by molar-refractivity contribution is -0.179. The third kappa shape index (κ3) is 7.63. The smallest absolute Gasteiger partial charge is 0.312 e. The average Bonchev–Trinajstić information content (AvgIpc) is 3.14. The summed E-state index contributed by atoms with van der Waals surface area (Å²) in [6.45, 7) is 23.7. The number of hydrogen-bond donors (Lipinski definition) is 0. The maximum Gasteiger partial charge on any atom is 0.312 e. The van der Waals surface area contributed by atoms with Crippen molar-refractivity contribution in [2.24, 2.45) is 16.2 Å². The molecule has 4 heteroatoms. The number of carbonyl (C=O) groups excluding carboxylic acids is 1. The van der Waals surface area contributed by atoms with Crippen molar-refractivity contribution in [2.45, 2.75) is 104 Å². The molecule has 0 fully saturated rings. The molecule has 0 amide bonds. The molecule has 0 N–H and O–H groups in total. The Kier molecular flexibility index (Phi) is 8.38. The molecule has 1 unspecified atom stereocenters. The van der Waals surface area contributed by atoms with Gasteiger partial charge in [-0.15, -0.1) is 23.1 Å². The highest BCUT2D eigenvalue weighted by molar-refractivity contribution is 8.00. The quantitative estimate of drug-likeness (QED) is 0.211. The molecule has 1 aromatic heterocycles. The first kappa shape index (κ1) is 29.8. The van der Waals surface area contributed by atoms with Crippen LogP contribution >= 0.6 is 23.1 Å². The van der Waals surface area contributed by atoms with Gasteiger partial charge in [-0.05, 0) is 73.2 Å². The van der Waals surface area contributed by atoms with E-state index in [1.807, 2.05) is 23.1 Å². The van der Waals surface area contributed by atoms with Gasteiger partial charge in [-0.1, -0.05) is 85.7 Å². The van der Waals surface area contributed by atoms with Gasteiger partial charge in [0.1, 0.15) is 5.60 Å². The summed E-state index contributed by atoms with van der Waals surface area (Å²) >= 11 is 3.68. The molecule has 0 saturated heterocycles. The summed E-state index contributed by atoms with van der Waals surface area (Å²) in [6, 6.07) is 19.7. The van der Waals surface area contributed by atoms with E-state index in [-0.39, 0.29) is 21.5 Å². The van der Waals surface area contributed by atoms with Gasteiger partial charge in [0.15, 0.2) is 0 Å². The van der Waals surface area contributed by atoms with Crippen LogP contribution in [0, 0.1) is 16.2 Å². The molecular formula is C33H46O2S2. The van der Waals surface area contributed by atoms with Gasteiger partial charge in [0, 0.05) is 25.6 Å². The van der Waals surface area contributed by atoms with Crippen LogP contribution in [0.1, 0.15) is 89.0 Å². The van der Waals surface area contributed by atoms with E-state index in [2.05, 4.69) is 131 Å². The van der Waals surface area contributed by atoms with Crippen LogP contribution in [0.25, 0.3) is 20.5 Å². The Labute approximate surface area is 233 Å². The summed E-state index contributed by atoms with van der Waals surface area (Å²) in [7, 11) is 0. The van der Waals surface area contributed by atoms with Crippen molar-refractivity contribution >= 4 is 39.2 Å². The van der Waals surface area contributed by atoms with Crippen molar-refractivity contribution in [3.05, 3.63) is 54.6 Å². The Morgan fingerprint density at radius 1 is 0.811 bits per heavy atom. The zero-order valence-corrected chi connectivity index (χ0v) is 26.4. The number of thiophene rings is 1. The first-order valence-corrected chi connectivity index (χ1v) is 15.0. The summed E-state index contributed by atoms with van der Waals surface area (Å²) in [6.07, 6.45) is 1.53. The number of hydrogen-bond acceptors (Lipinski definition) is 4. The molecule has 1 atom stereocenters. The van der Waals surface area contributed by atoms with E-state index in [0.717, 1.165) is 12.8 Å². The molecule has 0 aliphatic heterocycles. The second-order valence-electron chi connectivity index (χ2n) is 14.2. The molecule has 3 aromatic rings. The van der Waals surface area contributed by atoms with Crippen LogP contribution in [0.5, 0.6) is 0 Å². The van der Waals surface area contributed by atoms with Crippen LogP contribution < -0.4 is 0 Å². The number of fused-ring (bicyclic) bond motifs is 1. The molecule has 0 radical (unpaired) electrons. The van der Waals surface area contributed by atoms with Crippen molar-refractivity contribution in [1.29, 1.82) is 0 Å². The molecule has 2 nitrogen and oxygen atoms in total. The number of rotatable bonds is 8. The molecule has 202 valence electrons. The number of thioether (sulfide) groups is 1. The summed E-state index contributed by atoms with van der Waals surface area (Å²) in [5.74, 6) is -0.0894. The predicted molar refractivity (Wildman–Crippen MR) is 164 cm³/mol. The fraction of sp³-hybridized carbons (Fsp3) is 0.545. The van der Waals surface area contributed by atoms with Gasteiger partial charge in [-0.2, -0.15) is 0 Å². The average molecular weight is 539 g/mol. The fourth-order valence-electron chi connectivity index (χ4n) is 5.30. The summed E-state index contributed by atoms with van der Waals surface area (Å²) in [5.41, 5.74) is -0.0640. The molecule has 0 aliphatic carbocycles. The van der Waals surface area contributed by atoms with Crippen molar-refractivity contribution in [3.63, 3.8) is 0 Å². The molecule has 0 aliphatic rings. The van der Waals surface area contributed by atoms with Crippen LogP contribution in [0.4, 0.5) is 0 Å². The third-order valence-electron chi connectivity index (χ3n) is 7.17. The van der Waals surface area contributed by atoms with E-state index in [4.69, 9.17) is 4.74 Å². The second-order valence-corrected chi connectivity index (χ2v) is 17.0. The number of ether oxygens (including phenoxy) is 1. The Morgan fingerprint density at radius 3 is 1.95 bits per heavy atom. The maximum absolute atomic E-state index is 13.7. The highest BCUT2D eigenvalue weighted by Crippen LogP contribution is 2.49. The number of esters is 1. The van der Waals surface area contributed by atoms with Crippen LogP contribution in [-0.4, -0.2) is 16.3 Å². The molecule has 37 heavy (non-hydrogen) atoms. The topological polar surface area (TPSA) is 26.3 Å². The minimum Gasteiger partial charge on any atom is -0.459 e. The van der Waals surface area contributed by atoms with E-state index in [1.165, 1.54) is 25.4 Å². The first-order valence-electron chi connectivity index (χ1n) is 13.3. The van der Waals surface area contributed by atoms with E-state index in [0.29, 0.717) is 0 Å². The minimum absolute atomic E-state index is 0.0301. The van der Waals surface area contributed by atoms with Crippen LogP contribution in [0.15, 0.2) is 59.5 Å². The Morgan fingerprint density at radius 2 is 1.41 bits per heavy atom. The molecule has 2 aromatic carbocycles. The fourth-order valence-corrected chi connectivity index (χ4v) is 7.69. The van der Waals surface area contributed by atoms with Crippen LogP contribution in [-0.2, 0) is 9.53 Å². The van der Waals surface area contributed by atoms with Crippen molar-refractivity contribution in [3.8, 4) is 10.4 Å². The lowest BCUT2D eigenvalue weighted by Gasteiger charge is -2.45. The standard InChI is InChI=1S/C33H46O2S2/c1-29(2,3)21-33(11,30(4,5)6)28(34)35-31(7,8)22-32(9,10)37-25-18-16-23(17-19-25)27-20-24-14-12-13-15-26(24)36-27/h12-20H,21-22H2,1-11H3. The van der Waals surface area contributed by atoms with E-state index in [1.54, 1.807) is 0 Å². The Bertz CT molecular complexity index is 1190. The molecule has 0 bridgehead atoms. The largest absolute Gasteiger partial charge is 0.459 e. The minimum atomic E-state index is -0.574. The summed E-state index contributed by atoms with van der Waals surface area (Å²) in [5, 5.41) is 1.30. The van der Waals surface area contributed by atoms with Crippen molar-refractivity contribution < 1.29 is 9.53 Å². The number of benzene rings is 2. The van der Waals surface area contributed by atoms with Gasteiger partial charge in [0.25, 0.3) is 0 Å². The van der Waals surface area contributed by atoms with Gasteiger partial charge in [0.05, 0.1) is 5.41 Å². The van der Waals surface area contributed by atoms with Gasteiger partial charge in [-0.3, -0.25) is 4.79 Å². The number of carbonyl (C=O) groups is 1. The molecular weight excluding hydrogens is 492 g/mol. The predicted octanol–water partition coefficient (Wildman–Crippen LogP) is 10.6. The summed E-state index contributed by atoms with van der Waals surface area (Å²) < 4.78 is 7.52. The van der Waals surface area contributed by atoms with Gasteiger partial charge < -0.3 is 4.74 Å². The highest BCUT2D eigenvalue weighted by atomic mass is 32.2. The molecule has 0 spiro atoms. The van der Waals surface area contributed by atoms with Gasteiger partial charge in [0.2, 0.25) is 0 Å². The normalized spacial score (nSPS) is 15.0. The van der Waals surface area contributed by atoms with Gasteiger partial charge in [-0.25, -0.2) is 0 Å². The van der Waals surface area contributed by atoms with Crippen molar-refractivity contribution in [2.75, 3.05) is 0 Å². The highest BCUT2D eigenvalue weighted by Gasteiger charge is 2.49. The van der Waals surface area contributed by atoms with E-state index >= 15 is 0 Å². The summed E-state index contributed by atoms with van der Waals surface area (Å²) in [4.78, 5) is 16.2. The molecule has 0 saturated carbocycles. The van der Waals surface area contributed by atoms with Crippen LogP contribution in [0.3, 0.4) is 0 Å². The monoisotopic (exact) mass is 538 g/mol. The second kappa shape index (κ2) is 10.4. The first-order chi connectivity index (χ1) is 16.8. The molecule has 1 heterocycles. The zero-order chi connectivity index (χ0) is 27.9. The lowest BCUT2D eigenvalue weighted by Crippen LogP contribution is -2.48. The van der Waals surface area contributed by atoms with E-state index in [9.17, 15) is 4.79 Å². The SMILES string of the molecule is CC(C)(C)CC(C)(C(=O)OC(C)(C)CC(C)(C)Sc1ccc(-c2cc3ccccc3s2)cc1)C(C)(C)C. The van der Waals surface area contributed by atoms with E-state index < -0.39 is 11.0 Å². The zero-order valence-electron chi connectivity index (χ0n) is 24.7. The molecule has 3 rings (SSSR count). The van der Waals surface area contributed by atoms with Crippen molar-refractivity contribution in [1.82, 2.24) is 0 Å². The maximum atomic E-state index is 13.7. The van der Waals surface area contributed by atoms with Crippen LogP contribution in [0.2, 0.25) is 0 Å².